The fourth-order valence-electron chi connectivity index (χ4n) is 6.42. The number of benzene rings is 5. The van der Waals surface area contributed by atoms with Crippen molar-refractivity contribution in [3.05, 3.63) is 147 Å². The summed E-state index contributed by atoms with van der Waals surface area (Å²) in [6, 6.07) is 32.8. The number of halogens is 2. The number of amides is 1. The lowest BCUT2D eigenvalue weighted by Gasteiger charge is -2.31. The highest BCUT2D eigenvalue weighted by Gasteiger charge is 2.31. The summed E-state index contributed by atoms with van der Waals surface area (Å²) in [5.41, 5.74) is 7.27. The summed E-state index contributed by atoms with van der Waals surface area (Å²) < 4.78 is 23.5. The molecule has 3 atom stereocenters. The van der Waals surface area contributed by atoms with Crippen LogP contribution < -0.4 is 24.8 Å². The molecule has 0 fully saturated rings. The van der Waals surface area contributed by atoms with Crippen LogP contribution in [0, 0.1) is 11.3 Å². The number of nitrogens with zero attached hydrogens (tertiary/aromatic N) is 1. The van der Waals surface area contributed by atoms with Crippen molar-refractivity contribution in [3.63, 3.8) is 0 Å². The van der Waals surface area contributed by atoms with Crippen molar-refractivity contribution in [2.75, 3.05) is 13.7 Å². The van der Waals surface area contributed by atoms with Gasteiger partial charge in [0.05, 0.1) is 34.8 Å². The van der Waals surface area contributed by atoms with Crippen LogP contribution in [0.4, 0.5) is 0 Å². The van der Waals surface area contributed by atoms with Crippen molar-refractivity contribution < 1.29 is 28.5 Å². The average molecular weight is 749 g/mol. The van der Waals surface area contributed by atoms with Crippen LogP contribution in [0.15, 0.2) is 103 Å². The molecule has 5 aromatic rings. The van der Waals surface area contributed by atoms with E-state index in [-0.39, 0.29) is 18.4 Å². The second-order valence-electron chi connectivity index (χ2n) is 12.9. The Balaban J connectivity index is 0.949. The zero-order valence-electron chi connectivity index (χ0n) is 28.7. The number of hydrogen-bond donors (Lipinski definition) is 2. The van der Waals surface area contributed by atoms with Crippen LogP contribution in [0.2, 0.25) is 10.0 Å². The third kappa shape index (κ3) is 8.42. The Morgan fingerprint density at radius 2 is 1.58 bits per heavy atom. The lowest BCUT2D eigenvalue weighted by atomic mass is 9.94. The van der Waals surface area contributed by atoms with Crippen molar-refractivity contribution in [2.45, 2.75) is 44.2 Å². The van der Waals surface area contributed by atoms with Crippen molar-refractivity contribution in [1.82, 2.24) is 10.6 Å². The Bertz CT molecular complexity index is 2170. The highest BCUT2D eigenvalue weighted by Crippen LogP contribution is 2.40. The predicted molar refractivity (Wildman–Crippen MR) is 201 cm³/mol. The van der Waals surface area contributed by atoms with E-state index in [2.05, 4.69) is 16.7 Å². The maximum Gasteiger partial charge on any atom is 0.328 e. The van der Waals surface area contributed by atoms with Crippen LogP contribution >= 0.6 is 23.2 Å². The number of hydrogen-bond acceptors (Lipinski definition) is 8. The number of rotatable bonds is 10. The number of carbonyl (C=O) groups is 2. The van der Waals surface area contributed by atoms with Gasteiger partial charge < -0.3 is 29.6 Å². The van der Waals surface area contributed by atoms with E-state index in [0.29, 0.717) is 59.0 Å². The molecule has 1 unspecified atom stereocenters. The number of esters is 1. The molecule has 5 aromatic carbocycles. The molecule has 0 bridgehead atoms. The topological polar surface area (TPSA) is 119 Å². The first-order valence-corrected chi connectivity index (χ1v) is 17.8. The standard InChI is InChI=1S/C42H35Cl2N3O6/c1-50-42(49)37(17-25-2-7-28(8-3-25)29-9-4-26(21-45)5-10-29)47-41(48)36-18-31-19-38-39(20-32(31)22-46-36)53-40(24-52-38)30-11-13-33(14-12-30)51-23-27-6-15-34(43)35(44)16-27/h2-16,19-20,36-37,40,46H,17-18,22-24H2,1H3,(H,47,48)/t36?,37-,40-/m1/s1. The maximum atomic E-state index is 13.5. The summed E-state index contributed by atoms with van der Waals surface area (Å²) in [5, 5.41) is 16.3. The van der Waals surface area contributed by atoms with E-state index in [0.717, 1.165) is 38.9 Å². The van der Waals surface area contributed by atoms with Crippen LogP contribution in [0.1, 0.15) is 39.5 Å². The van der Waals surface area contributed by atoms with E-state index >= 15 is 0 Å². The number of fused-ring (bicyclic) bond motifs is 2. The predicted octanol–water partition coefficient (Wildman–Crippen LogP) is 7.54. The van der Waals surface area contributed by atoms with Crippen molar-refractivity contribution in [3.8, 4) is 34.4 Å². The quantitative estimate of drug-likeness (QED) is 0.141. The van der Waals surface area contributed by atoms with E-state index in [1.807, 2.05) is 78.9 Å². The molecule has 0 aromatic heterocycles. The molecule has 2 heterocycles. The normalized spacial score (nSPS) is 16.4. The monoisotopic (exact) mass is 747 g/mol. The van der Waals surface area contributed by atoms with Gasteiger partial charge in [0.2, 0.25) is 5.91 Å². The molecule has 268 valence electrons. The third-order valence-corrected chi connectivity index (χ3v) is 10.1. The fourth-order valence-corrected chi connectivity index (χ4v) is 6.74. The van der Waals surface area contributed by atoms with E-state index < -0.39 is 18.1 Å². The smallest absolute Gasteiger partial charge is 0.328 e. The summed E-state index contributed by atoms with van der Waals surface area (Å²) in [6.07, 6.45) is 0.379. The molecule has 2 aliphatic rings. The molecule has 2 aliphatic heterocycles. The van der Waals surface area contributed by atoms with E-state index in [4.69, 9.17) is 47.4 Å². The third-order valence-electron chi connectivity index (χ3n) is 9.39. The summed E-state index contributed by atoms with van der Waals surface area (Å²) in [6.45, 7) is 1.13. The molecule has 1 amide bonds. The fraction of sp³-hybridized carbons (Fsp3) is 0.214. The Hall–Kier alpha value is -5.53. The van der Waals surface area contributed by atoms with Crippen molar-refractivity contribution in [2.24, 2.45) is 0 Å². The Labute approximate surface area is 317 Å². The average Bonchev–Trinajstić information content (AvgIpc) is 3.20. The van der Waals surface area contributed by atoms with Gasteiger partial charge in [-0.05, 0) is 93.9 Å². The van der Waals surface area contributed by atoms with Gasteiger partial charge in [-0.15, -0.1) is 0 Å². The molecule has 0 saturated carbocycles. The molecule has 0 saturated heterocycles. The zero-order chi connectivity index (χ0) is 36.9. The lowest BCUT2D eigenvalue weighted by molar-refractivity contribution is -0.145. The minimum atomic E-state index is -0.864. The Kier molecular flexibility index (Phi) is 10.8. The Morgan fingerprint density at radius 1 is 0.887 bits per heavy atom. The van der Waals surface area contributed by atoms with Gasteiger partial charge in [-0.1, -0.05) is 77.8 Å². The van der Waals surface area contributed by atoms with E-state index in [1.165, 1.54) is 7.11 Å². The largest absolute Gasteiger partial charge is 0.489 e. The molecule has 53 heavy (non-hydrogen) atoms. The number of carbonyl (C=O) groups excluding carboxylic acids is 2. The summed E-state index contributed by atoms with van der Waals surface area (Å²) in [5.74, 6) is 1.16. The molecular formula is C42H35Cl2N3O6. The molecular weight excluding hydrogens is 713 g/mol. The molecule has 0 spiro atoms. The van der Waals surface area contributed by atoms with Gasteiger partial charge in [-0.2, -0.15) is 5.26 Å². The van der Waals surface area contributed by atoms with Gasteiger partial charge in [0.25, 0.3) is 0 Å². The van der Waals surface area contributed by atoms with Crippen LogP contribution in [0.3, 0.4) is 0 Å². The van der Waals surface area contributed by atoms with Crippen LogP contribution in [-0.4, -0.2) is 37.7 Å². The van der Waals surface area contributed by atoms with Crippen LogP contribution in [-0.2, 0) is 40.3 Å². The highest BCUT2D eigenvalue weighted by molar-refractivity contribution is 6.42. The first-order chi connectivity index (χ1) is 25.8. The number of methoxy groups -OCH3 is 1. The molecule has 0 aliphatic carbocycles. The molecule has 11 heteroatoms. The SMILES string of the molecule is COC(=O)[C@@H](Cc1ccc(-c2ccc(C#N)cc2)cc1)NC(=O)C1Cc2cc3c(cc2CN1)O[C@@H](c1ccc(OCc2ccc(Cl)c(Cl)c2)cc1)CO3. The molecule has 7 rings (SSSR count). The number of nitrogens with one attached hydrogen (secondary N) is 2. The van der Waals surface area contributed by atoms with Gasteiger partial charge >= 0.3 is 5.97 Å². The summed E-state index contributed by atoms with van der Waals surface area (Å²) in [7, 11) is 1.31. The van der Waals surface area contributed by atoms with Crippen LogP contribution in [0.25, 0.3) is 11.1 Å². The maximum absolute atomic E-state index is 13.5. The van der Waals surface area contributed by atoms with Crippen LogP contribution in [0.5, 0.6) is 17.2 Å². The second-order valence-corrected chi connectivity index (χ2v) is 13.7. The van der Waals surface area contributed by atoms with E-state index in [1.54, 1.807) is 24.3 Å². The van der Waals surface area contributed by atoms with Crippen molar-refractivity contribution in [1.29, 1.82) is 5.26 Å². The van der Waals surface area contributed by atoms with Gasteiger partial charge in [0.1, 0.15) is 25.0 Å². The van der Waals surface area contributed by atoms with E-state index in [9.17, 15) is 9.59 Å². The minimum absolute atomic E-state index is 0.268. The highest BCUT2D eigenvalue weighted by atomic mass is 35.5. The second kappa shape index (κ2) is 16.0. The summed E-state index contributed by atoms with van der Waals surface area (Å²) in [4.78, 5) is 26.3. The minimum Gasteiger partial charge on any atom is -0.489 e. The number of nitriles is 1. The Morgan fingerprint density at radius 3 is 2.28 bits per heavy atom. The molecule has 9 nitrogen and oxygen atoms in total. The zero-order valence-corrected chi connectivity index (χ0v) is 30.2. The van der Waals surface area contributed by atoms with Gasteiger partial charge in [0.15, 0.2) is 17.6 Å². The molecule has 0 radical (unpaired) electrons. The van der Waals surface area contributed by atoms with Gasteiger partial charge in [0, 0.05) is 13.0 Å². The van der Waals surface area contributed by atoms with Gasteiger partial charge in [-0.3, -0.25) is 4.79 Å². The first-order valence-electron chi connectivity index (χ1n) is 17.1. The number of ether oxygens (including phenoxy) is 4. The lowest BCUT2D eigenvalue weighted by Crippen LogP contribution is -2.53. The summed E-state index contributed by atoms with van der Waals surface area (Å²) >= 11 is 12.1. The van der Waals surface area contributed by atoms with Crippen molar-refractivity contribution >= 4 is 35.1 Å². The van der Waals surface area contributed by atoms with Gasteiger partial charge in [-0.25, -0.2) is 4.79 Å². The molecule has 2 N–H and O–H groups in total. The first kappa shape index (κ1) is 35.9.